The number of halogens is 2. The van der Waals surface area contributed by atoms with E-state index >= 15 is 8.78 Å². The molecule has 4 amide bonds. The molecular formula is C44H55F2N9O7. The van der Waals surface area contributed by atoms with Crippen molar-refractivity contribution < 1.29 is 42.2 Å². The van der Waals surface area contributed by atoms with Crippen LogP contribution in [0.2, 0.25) is 0 Å². The van der Waals surface area contributed by atoms with Crippen LogP contribution in [-0.4, -0.2) is 113 Å². The lowest BCUT2D eigenvalue weighted by molar-refractivity contribution is -0.137. The van der Waals surface area contributed by atoms with E-state index in [1.807, 2.05) is 19.9 Å². The van der Waals surface area contributed by atoms with Gasteiger partial charge < -0.3 is 49.5 Å². The molecule has 18 heteroatoms. The van der Waals surface area contributed by atoms with E-state index in [4.69, 9.17) is 14.2 Å². The number of nitrogens with one attached hydrogen (secondary N) is 4. The summed E-state index contributed by atoms with van der Waals surface area (Å²) in [6, 6.07) is 8.90. The summed E-state index contributed by atoms with van der Waals surface area (Å²) in [6.07, 6.45) is 5.58. The largest absolute Gasteiger partial charge is 0.453 e. The summed E-state index contributed by atoms with van der Waals surface area (Å²) in [4.78, 5) is 73.3. The maximum absolute atomic E-state index is 15.9. The summed E-state index contributed by atoms with van der Waals surface area (Å²) in [5.74, 6) is -1.10. The topological polar surface area (TPSA) is 187 Å². The number of hydrogen-bond acceptors (Lipinski definition) is 10. The van der Waals surface area contributed by atoms with Crippen molar-refractivity contribution in [3.63, 3.8) is 0 Å². The molecule has 0 bridgehead atoms. The molecule has 0 unspecified atom stereocenters. The molecule has 2 aromatic heterocycles. The van der Waals surface area contributed by atoms with E-state index in [9.17, 15) is 19.2 Å². The van der Waals surface area contributed by atoms with E-state index in [0.717, 1.165) is 12.1 Å². The number of amides is 4. The number of aromatic nitrogens is 4. The molecule has 4 N–H and O–H groups in total. The molecule has 16 nitrogen and oxygen atoms in total. The van der Waals surface area contributed by atoms with Crippen molar-refractivity contribution in [1.82, 2.24) is 40.4 Å². The number of anilines is 1. The van der Waals surface area contributed by atoms with Crippen LogP contribution in [0.5, 0.6) is 0 Å². The smallest absolute Gasteiger partial charge is 0.407 e. The Bertz CT molecular complexity index is 2190. The standard InChI is InChI=1S/C44H55F2N9O7/c1-25(26(2)60-3)36(51-43(58)61-4)41(56)54-17-9-13-34(54)39-47-23-32(49-39)27-15-19-53(20-16-27)38-30(45)21-29(22-31(38)46)33-24-48-40(50-33)35-14-10-18-55(35)42(57)37(52-44(59)62-5)28-11-7-6-8-12-28/h6-8,11-12,21-27,34-37H,9-10,13-20H2,1-5H3,(H,47,49)(H,48,50)(H,51,58)(H,52,59)/t25-,26+,34-,35-,36-,37+/m0/s1. The third-order valence-electron chi connectivity index (χ3n) is 12.7. The van der Waals surface area contributed by atoms with Crippen molar-refractivity contribution in [1.29, 1.82) is 0 Å². The average molecular weight is 860 g/mol. The molecule has 4 aromatic rings. The first-order valence-electron chi connectivity index (χ1n) is 21.1. The van der Waals surface area contributed by atoms with Gasteiger partial charge in [-0.15, -0.1) is 0 Å². The van der Waals surface area contributed by atoms with Gasteiger partial charge >= 0.3 is 12.2 Å². The number of piperidine rings is 1. The minimum absolute atomic E-state index is 0.0597. The van der Waals surface area contributed by atoms with E-state index in [0.29, 0.717) is 81.2 Å². The molecule has 3 aliphatic rings. The second kappa shape index (κ2) is 19.3. The van der Waals surface area contributed by atoms with Gasteiger partial charge in [-0.3, -0.25) is 9.59 Å². The number of benzene rings is 2. The number of ether oxygens (including phenoxy) is 3. The summed E-state index contributed by atoms with van der Waals surface area (Å²) < 4.78 is 46.9. The van der Waals surface area contributed by atoms with Crippen LogP contribution in [0.1, 0.15) is 99.3 Å². The van der Waals surface area contributed by atoms with Gasteiger partial charge in [-0.1, -0.05) is 37.3 Å². The Balaban J connectivity index is 0.995. The van der Waals surface area contributed by atoms with Crippen LogP contribution in [0.3, 0.4) is 0 Å². The van der Waals surface area contributed by atoms with E-state index in [-0.39, 0.29) is 47.0 Å². The minimum atomic E-state index is -0.978. The second-order valence-electron chi connectivity index (χ2n) is 16.2. The third kappa shape index (κ3) is 9.24. The molecule has 3 aliphatic heterocycles. The van der Waals surface area contributed by atoms with Crippen LogP contribution in [0.15, 0.2) is 54.9 Å². The predicted octanol–water partition coefficient (Wildman–Crippen LogP) is 6.28. The van der Waals surface area contributed by atoms with E-state index < -0.39 is 41.9 Å². The highest BCUT2D eigenvalue weighted by Gasteiger charge is 2.41. The Morgan fingerprint density at radius 2 is 1.34 bits per heavy atom. The lowest BCUT2D eigenvalue weighted by Crippen LogP contribution is -2.53. The Kier molecular flexibility index (Phi) is 13.7. The fourth-order valence-electron chi connectivity index (χ4n) is 8.99. The molecule has 2 aromatic carbocycles. The van der Waals surface area contributed by atoms with Gasteiger partial charge in [0.2, 0.25) is 5.91 Å². The van der Waals surface area contributed by atoms with Gasteiger partial charge in [-0.05, 0) is 63.1 Å². The highest BCUT2D eigenvalue weighted by molar-refractivity contribution is 5.88. The van der Waals surface area contributed by atoms with E-state index in [1.165, 1.54) is 32.5 Å². The zero-order valence-electron chi connectivity index (χ0n) is 35.7. The molecule has 0 radical (unpaired) electrons. The summed E-state index contributed by atoms with van der Waals surface area (Å²) in [5.41, 5.74) is 2.09. The minimum Gasteiger partial charge on any atom is -0.453 e. The van der Waals surface area contributed by atoms with Crippen molar-refractivity contribution in [2.45, 2.75) is 88.6 Å². The van der Waals surface area contributed by atoms with Gasteiger partial charge in [0.05, 0.1) is 44.3 Å². The van der Waals surface area contributed by atoms with Crippen LogP contribution in [-0.2, 0) is 23.8 Å². The first-order chi connectivity index (χ1) is 29.9. The zero-order valence-corrected chi connectivity index (χ0v) is 35.7. The van der Waals surface area contributed by atoms with Gasteiger partial charge in [0.15, 0.2) is 0 Å². The molecule has 7 rings (SSSR count). The van der Waals surface area contributed by atoms with Crippen molar-refractivity contribution in [2.75, 3.05) is 52.4 Å². The molecule has 62 heavy (non-hydrogen) atoms. The average Bonchev–Trinajstić information content (AvgIpc) is 4.14. The van der Waals surface area contributed by atoms with E-state index in [1.54, 1.807) is 52.3 Å². The maximum atomic E-state index is 15.9. The molecule has 6 atom stereocenters. The van der Waals surface area contributed by atoms with E-state index in [2.05, 4.69) is 30.6 Å². The highest BCUT2D eigenvalue weighted by atomic mass is 19.1. The van der Waals surface area contributed by atoms with Gasteiger partial charge in [0.25, 0.3) is 5.91 Å². The first-order valence-corrected chi connectivity index (χ1v) is 21.1. The lowest BCUT2D eigenvalue weighted by Gasteiger charge is -2.34. The van der Waals surface area contributed by atoms with Crippen molar-refractivity contribution in [3.05, 3.63) is 89.4 Å². The lowest BCUT2D eigenvalue weighted by atomic mass is 9.93. The van der Waals surface area contributed by atoms with Crippen LogP contribution >= 0.6 is 0 Å². The number of rotatable bonds is 13. The SMILES string of the molecule is COC(=O)N[C@H](C(=O)N1CCC[C@H]1c1ncc(C2CCN(c3c(F)cc(-c4cnc([C@@H]5CCCN5C(=O)[C@H](NC(=O)OC)c5ccccc5)[nH]4)cc3F)CC2)[nH]1)[C@@H](C)[C@@H](C)OC. The molecular weight excluding hydrogens is 805 g/mol. The predicted molar refractivity (Wildman–Crippen MR) is 224 cm³/mol. The van der Waals surface area contributed by atoms with Crippen molar-refractivity contribution in [2.24, 2.45) is 5.92 Å². The fourth-order valence-corrected chi connectivity index (χ4v) is 8.99. The monoisotopic (exact) mass is 859 g/mol. The Labute approximate surface area is 359 Å². The van der Waals surface area contributed by atoms with Crippen LogP contribution in [0, 0.1) is 17.6 Å². The number of nitrogens with zero attached hydrogens (tertiary/aromatic N) is 5. The summed E-state index contributed by atoms with van der Waals surface area (Å²) in [7, 11) is 4.05. The number of hydrogen-bond donors (Lipinski definition) is 4. The number of alkyl carbamates (subject to hydrolysis) is 2. The molecule has 332 valence electrons. The van der Waals surface area contributed by atoms with Gasteiger partial charge in [-0.25, -0.2) is 28.3 Å². The Hall–Kier alpha value is -6.04. The molecule has 5 heterocycles. The van der Waals surface area contributed by atoms with Gasteiger partial charge in [0.1, 0.15) is 41.1 Å². The summed E-state index contributed by atoms with van der Waals surface area (Å²) in [6.45, 7) is 5.46. The van der Waals surface area contributed by atoms with Crippen LogP contribution in [0.4, 0.5) is 24.1 Å². The fraction of sp³-hybridized carbons (Fsp3) is 0.500. The molecule has 0 spiro atoms. The summed E-state index contributed by atoms with van der Waals surface area (Å²) >= 11 is 0. The number of imidazole rings is 2. The Morgan fingerprint density at radius 1 is 0.758 bits per heavy atom. The number of H-pyrrole nitrogens is 2. The third-order valence-corrected chi connectivity index (χ3v) is 12.7. The summed E-state index contributed by atoms with van der Waals surface area (Å²) in [5, 5.41) is 5.35. The van der Waals surface area contributed by atoms with Crippen molar-refractivity contribution >= 4 is 29.7 Å². The number of likely N-dealkylation sites (tertiary alicyclic amines) is 2. The zero-order chi connectivity index (χ0) is 44.1. The normalized spacial score (nSPS) is 20.1. The molecule has 3 saturated heterocycles. The maximum Gasteiger partial charge on any atom is 0.407 e. The number of methoxy groups -OCH3 is 3. The molecule has 3 fully saturated rings. The van der Waals surface area contributed by atoms with Crippen LogP contribution < -0.4 is 15.5 Å². The van der Waals surface area contributed by atoms with Gasteiger partial charge in [0, 0.05) is 62.6 Å². The Morgan fingerprint density at radius 3 is 1.95 bits per heavy atom. The van der Waals surface area contributed by atoms with Crippen LogP contribution in [0.25, 0.3) is 11.3 Å². The molecule has 0 aliphatic carbocycles. The van der Waals surface area contributed by atoms with Gasteiger partial charge in [-0.2, -0.15) is 0 Å². The second-order valence-corrected chi connectivity index (χ2v) is 16.2. The van der Waals surface area contributed by atoms with Crippen molar-refractivity contribution in [3.8, 4) is 11.3 Å². The molecule has 0 saturated carbocycles. The number of carbonyl (C=O) groups is 4. The first kappa shape index (κ1) is 44.0. The quantitative estimate of drug-likeness (QED) is 0.119. The highest BCUT2D eigenvalue weighted by Crippen LogP contribution is 2.38. The number of carbonyl (C=O) groups excluding carboxylic acids is 4. The number of aromatic amines is 2.